The number of hydrogen-bond acceptors (Lipinski definition) is 6. The highest BCUT2D eigenvalue weighted by molar-refractivity contribution is 5.83. The summed E-state index contributed by atoms with van der Waals surface area (Å²) in [5, 5.41) is 31.5. The highest BCUT2D eigenvalue weighted by Crippen LogP contribution is 2.28. The minimum atomic E-state index is -1.16. The molecule has 0 aromatic carbocycles. The fraction of sp³-hybridized carbons (Fsp3) is 0.870. The van der Waals surface area contributed by atoms with E-state index in [4.69, 9.17) is 5.73 Å². The summed E-state index contributed by atoms with van der Waals surface area (Å²) in [4.78, 5) is 36.7. The Labute approximate surface area is 197 Å². The Hall–Kier alpha value is -1.91. The first-order valence-corrected chi connectivity index (χ1v) is 12.4. The predicted molar refractivity (Wildman–Crippen MR) is 127 cm³/mol. The van der Waals surface area contributed by atoms with Crippen LogP contribution in [0.4, 0.5) is 4.79 Å². The van der Waals surface area contributed by atoms with Crippen LogP contribution >= 0.6 is 0 Å². The fourth-order valence-corrected chi connectivity index (χ4v) is 4.32. The second-order valence-corrected chi connectivity index (χ2v) is 9.37. The van der Waals surface area contributed by atoms with Gasteiger partial charge in [-0.1, -0.05) is 46.0 Å². The topological polar surface area (TPSA) is 166 Å². The van der Waals surface area contributed by atoms with Crippen molar-refractivity contribution in [2.45, 2.75) is 103 Å². The van der Waals surface area contributed by atoms with E-state index < -0.39 is 36.4 Å². The van der Waals surface area contributed by atoms with Gasteiger partial charge in [0.1, 0.15) is 12.3 Å². The lowest BCUT2D eigenvalue weighted by atomic mass is 9.84. The Morgan fingerprint density at radius 3 is 2.27 bits per heavy atom. The van der Waals surface area contributed by atoms with Gasteiger partial charge in [-0.25, -0.2) is 9.59 Å². The molecule has 1 aliphatic rings. The minimum absolute atomic E-state index is 0.0747. The van der Waals surface area contributed by atoms with Crippen LogP contribution in [-0.2, 0) is 9.59 Å². The third-order valence-electron chi connectivity index (χ3n) is 6.21. The smallest absolute Gasteiger partial charge is 0.326 e. The predicted octanol–water partition coefficient (Wildman–Crippen LogP) is 1.28. The number of nitrogens with two attached hydrogens (primary N) is 1. The zero-order valence-electron chi connectivity index (χ0n) is 20.4. The van der Waals surface area contributed by atoms with Crippen LogP contribution in [0, 0.1) is 11.8 Å². The average Bonchev–Trinajstić information content (AvgIpc) is 2.76. The molecule has 3 amide bonds. The van der Waals surface area contributed by atoms with Crippen LogP contribution < -0.4 is 27.0 Å². The quantitative estimate of drug-likeness (QED) is 0.139. The molecule has 10 nitrogen and oxygen atoms in total. The molecule has 0 aliphatic heterocycles. The maximum Gasteiger partial charge on any atom is 0.326 e. The Bertz CT molecular complexity index is 598. The molecule has 1 aliphatic carbocycles. The van der Waals surface area contributed by atoms with Crippen LogP contribution in [0.5, 0.6) is 0 Å². The van der Waals surface area contributed by atoms with Crippen molar-refractivity contribution in [1.29, 1.82) is 0 Å². The van der Waals surface area contributed by atoms with Crippen molar-refractivity contribution in [3.8, 4) is 0 Å². The summed E-state index contributed by atoms with van der Waals surface area (Å²) in [5.74, 6) is -1.05. The molecular formula is C23H45N5O5. The molecule has 1 saturated carbocycles. The van der Waals surface area contributed by atoms with Crippen LogP contribution in [0.25, 0.3) is 0 Å². The third-order valence-corrected chi connectivity index (χ3v) is 6.21. The Kier molecular flexibility index (Phi) is 14.0. The van der Waals surface area contributed by atoms with E-state index >= 15 is 0 Å². The van der Waals surface area contributed by atoms with Crippen LogP contribution in [0.15, 0.2) is 0 Å². The van der Waals surface area contributed by atoms with Crippen molar-refractivity contribution < 1.29 is 24.6 Å². The molecule has 0 saturated heterocycles. The SMILES string of the molecule is CCNC(=O)[C@@H](NC(O)[C@@H](CC1CCCCC1)NC(=O)N[C@@H](CCCCN)C(=O)O)C(C)C. The fourth-order valence-electron chi connectivity index (χ4n) is 4.32. The van der Waals surface area contributed by atoms with Crippen LogP contribution in [0.2, 0.25) is 0 Å². The van der Waals surface area contributed by atoms with E-state index in [0.717, 1.165) is 25.7 Å². The van der Waals surface area contributed by atoms with Gasteiger partial charge in [-0.05, 0) is 51.0 Å². The summed E-state index contributed by atoms with van der Waals surface area (Å²) < 4.78 is 0. The Morgan fingerprint density at radius 1 is 1.06 bits per heavy atom. The number of unbranched alkanes of at least 4 members (excludes halogenated alkanes) is 1. The van der Waals surface area contributed by atoms with Crippen molar-refractivity contribution in [1.82, 2.24) is 21.3 Å². The van der Waals surface area contributed by atoms with Crippen molar-refractivity contribution in [2.75, 3.05) is 13.1 Å². The molecule has 8 N–H and O–H groups in total. The average molecular weight is 472 g/mol. The molecule has 0 aromatic rings. The van der Waals surface area contributed by atoms with E-state index in [-0.39, 0.29) is 18.2 Å². The molecular weight excluding hydrogens is 426 g/mol. The van der Waals surface area contributed by atoms with Gasteiger partial charge in [0.2, 0.25) is 5.91 Å². The zero-order chi connectivity index (χ0) is 24.8. The standard InChI is InChI=1S/C23H45N5O5/c1-4-25-21(30)19(15(2)3)28-20(29)18(14-16-10-6-5-7-11-16)27-23(33)26-17(22(31)32)12-8-9-13-24/h15-20,28-29H,4-14,24H2,1-3H3,(H,25,30)(H,31,32)(H2,26,27,33)/t17-,18+,19-,20?/m0/s1. The summed E-state index contributed by atoms with van der Waals surface area (Å²) in [6, 6.07) is -2.96. The summed E-state index contributed by atoms with van der Waals surface area (Å²) in [7, 11) is 0. The number of rotatable bonds is 15. The molecule has 0 bridgehead atoms. The second kappa shape index (κ2) is 15.8. The lowest BCUT2D eigenvalue weighted by Gasteiger charge is -2.33. The summed E-state index contributed by atoms with van der Waals surface area (Å²) in [5.41, 5.74) is 5.47. The van der Waals surface area contributed by atoms with Gasteiger partial charge in [0.05, 0.1) is 12.1 Å². The molecule has 33 heavy (non-hydrogen) atoms. The number of carboxylic acid groups (broad SMARTS) is 1. The number of aliphatic hydroxyl groups is 1. The number of urea groups is 1. The van der Waals surface area contributed by atoms with Gasteiger partial charge in [0.15, 0.2) is 0 Å². The highest BCUT2D eigenvalue weighted by Gasteiger charge is 2.31. The first-order valence-electron chi connectivity index (χ1n) is 12.4. The van der Waals surface area contributed by atoms with Crippen LogP contribution in [0.1, 0.15) is 78.6 Å². The first-order chi connectivity index (χ1) is 15.7. The second-order valence-electron chi connectivity index (χ2n) is 9.37. The number of nitrogens with one attached hydrogen (secondary N) is 4. The number of aliphatic hydroxyl groups excluding tert-OH is 1. The maximum absolute atomic E-state index is 12.7. The lowest BCUT2D eigenvalue weighted by Crippen LogP contribution is -2.60. The Morgan fingerprint density at radius 2 is 1.73 bits per heavy atom. The van der Waals surface area contributed by atoms with Crippen molar-refractivity contribution in [2.24, 2.45) is 17.6 Å². The largest absolute Gasteiger partial charge is 0.480 e. The third kappa shape index (κ3) is 11.2. The molecule has 0 heterocycles. The van der Waals surface area contributed by atoms with E-state index in [1.165, 1.54) is 6.42 Å². The van der Waals surface area contributed by atoms with E-state index in [1.54, 1.807) is 0 Å². The molecule has 0 spiro atoms. The van der Waals surface area contributed by atoms with Gasteiger partial charge in [-0.3, -0.25) is 10.1 Å². The minimum Gasteiger partial charge on any atom is -0.480 e. The van der Waals surface area contributed by atoms with Gasteiger partial charge < -0.3 is 31.9 Å². The molecule has 1 rings (SSSR count). The number of aliphatic carboxylic acids is 1. The molecule has 1 fully saturated rings. The number of carbonyl (C=O) groups excluding carboxylic acids is 2. The van der Waals surface area contributed by atoms with Crippen molar-refractivity contribution in [3.63, 3.8) is 0 Å². The number of carboxylic acids is 1. The van der Waals surface area contributed by atoms with Crippen molar-refractivity contribution in [3.05, 3.63) is 0 Å². The van der Waals surface area contributed by atoms with Gasteiger partial charge in [-0.2, -0.15) is 0 Å². The van der Waals surface area contributed by atoms with Gasteiger partial charge in [-0.15, -0.1) is 0 Å². The van der Waals surface area contributed by atoms with E-state index in [2.05, 4.69) is 21.3 Å². The first kappa shape index (κ1) is 29.1. The summed E-state index contributed by atoms with van der Waals surface area (Å²) in [6.45, 7) is 6.54. The lowest BCUT2D eigenvalue weighted by molar-refractivity contribution is -0.139. The van der Waals surface area contributed by atoms with Gasteiger partial charge >= 0.3 is 12.0 Å². The maximum atomic E-state index is 12.7. The molecule has 1 unspecified atom stereocenters. The normalized spacial score (nSPS) is 18.2. The van der Waals surface area contributed by atoms with E-state index in [0.29, 0.717) is 38.3 Å². The number of carbonyl (C=O) groups is 3. The monoisotopic (exact) mass is 471 g/mol. The number of likely N-dealkylation sites (N-methyl/N-ethyl adjacent to an activating group) is 1. The molecule has 0 radical (unpaired) electrons. The number of hydrogen-bond donors (Lipinski definition) is 7. The van der Waals surface area contributed by atoms with E-state index in [1.807, 2.05) is 20.8 Å². The van der Waals surface area contributed by atoms with Gasteiger partial charge in [0.25, 0.3) is 0 Å². The number of amides is 3. The van der Waals surface area contributed by atoms with E-state index in [9.17, 15) is 24.6 Å². The molecule has 0 aromatic heterocycles. The molecule has 10 heteroatoms. The molecule has 4 atom stereocenters. The summed E-state index contributed by atoms with van der Waals surface area (Å²) in [6.07, 6.45) is 6.39. The summed E-state index contributed by atoms with van der Waals surface area (Å²) >= 11 is 0. The van der Waals surface area contributed by atoms with Crippen molar-refractivity contribution >= 4 is 17.9 Å². The van der Waals surface area contributed by atoms with Gasteiger partial charge in [0, 0.05) is 6.54 Å². The Balaban J connectivity index is 2.87. The zero-order valence-corrected chi connectivity index (χ0v) is 20.4. The highest BCUT2D eigenvalue weighted by atomic mass is 16.4. The van der Waals surface area contributed by atoms with Crippen LogP contribution in [-0.4, -0.2) is 65.6 Å². The molecule has 192 valence electrons. The van der Waals surface area contributed by atoms with Crippen LogP contribution in [0.3, 0.4) is 0 Å².